The topological polar surface area (TPSA) is 143 Å². The molecular formula is C19H40N2O9. The van der Waals surface area contributed by atoms with Crippen LogP contribution < -0.4 is 11.5 Å². The average molecular weight is 441 g/mol. The molecule has 0 rings (SSSR count). The minimum atomic E-state index is -0.370. The van der Waals surface area contributed by atoms with Crippen LogP contribution in [0, 0.1) is 0 Å². The molecule has 0 heterocycles. The molecule has 1 amide bonds. The van der Waals surface area contributed by atoms with E-state index in [1.807, 2.05) is 0 Å². The van der Waals surface area contributed by atoms with Crippen molar-refractivity contribution >= 4 is 5.91 Å². The molecule has 0 atom stereocenters. The average Bonchev–Trinajstić information content (AvgIpc) is 2.73. The van der Waals surface area contributed by atoms with Gasteiger partial charge in [-0.25, -0.2) is 0 Å². The number of amides is 1. The Balaban J connectivity index is 2.99. The molecule has 0 aliphatic heterocycles. The van der Waals surface area contributed by atoms with Crippen LogP contribution >= 0.6 is 0 Å². The zero-order chi connectivity index (χ0) is 22.0. The van der Waals surface area contributed by atoms with E-state index in [1.54, 1.807) is 0 Å². The van der Waals surface area contributed by atoms with Crippen LogP contribution in [-0.2, 0) is 42.7 Å². The van der Waals surface area contributed by atoms with E-state index in [-0.39, 0.29) is 12.3 Å². The predicted molar refractivity (Wildman–Crippen MR) is 109 cm³/mol. The number of carbonyl (C=O) groups excluding carboxylic acids is 1. The van der Waals surface area contributed by atoms with Gasteiger partial charge >= 0.3 is 0 Å². The highest BCUT2D eigenvalue weighted by atomic mass is 16.6. The molecule has 0 saturated carbocycles. The van der Waals surface area contributed by atoms with Crippen molar-refractivity contribution in [1.82, 2.24) is 0 Å². The molecule has 0 aliphatic carbocycles. The van der Waals surface area contributed by atoms with Gasteiger partial charge in [0.25, 0.3) is 0 Å². The van der Waals surface area contributed by atoms with Gasteiger partial charge < -0.3 is 49.4 Å². The molecule has 11 nitrogen and oxygen atoms in total. The zero-order valence-electron chi connectivity index (χ0n) is 18.1. The van der Waals surface area contributed by atoms with Crippen LogP contribution in [0.5, 0.6) is 0 Å². The first-order valence-corrected chi connectivity index (χ1v) is 10.4. The normalized spacial score (nSPS) is 11.2. The Kier molecular flexibility index (Phi) is 25.4. The molecule has 0 fully saturated rings. The summed E-state index contributed by atoms with van der Waals surface area (Å²) in [5, 5.41) is 0. The molecule has 0 aromatic rings. The fourth-order valence-corrected chi connectivity index (χ4v) is 1.90. The monoisotopic (exact) mass is 440 g/mol. The van der Waals surface area contributed by atoms with Gasteiger partial charge in [-0.3, -0.25) is 4.79 Å². The quantitative estimate of drug-likeness (QED) is 0.160. The van der Waals surface area contributed by atoms with E-state index in [0.717, 1.165) is 0 Å². The number of rotatable bonds is 26. The molecule has 0 spiro atoms. The lowest BCUT2D eigenvalue weighted by molar-refractivity contribution is -0.119. The highest BCUT2D eigenvalue weighted by molar-refractivity contribution is 5.73. The first-order valence-electron chi connectivity index (χ1n) is 10.4. The zero-order valence-corrected chi connectivity index (χ0v) is 18.1. The van der Waals surface area contributed by atoms with E-state index in [2.05, 4.69) is 0 Å². The van der Waals surface area contributed by atoms with E-state index < -0.39 is 0 Å². The standard InChI is InChI=1S/C19H40N2O9/c20-2-4-24-6-8-26-10-12-28-14-16-30-18-17-29-15-13-27-11-9-25-7-5-23-3-1-19(21)22/h1-18,20H2,(H2,21,22). The van der Waals surface area contributed by atoms with E-state index in [0.29, 0.717) is 112 Å². The minimum absolute atomic E-state index is 0.227. The molecule has 0 unspecified atom stereocenters. The van der Waals surface area contributed by atoms with Crippen LogP contribution in [0.1, 0.15) is 6.42 Å². The molecule has 0 saturated heterocycles. The molecule has 180 valence electrons. The summed E-state index contributed by atoms with van der Waals surface area (Å²) in [6.07, 6.45) is 0.227. The van der Waals surface area contributed by atoms with Crippen molar-refractivity contribution in [1.29, 1.82) is 0 Å². The Bertz CT molecular complexity index is 352. The van der Waals surface area contributed by atoms with E-state index in [9.17, 15) is 4.79 Å². The Hall–Kier alpha value is -0.890. The van der Waals surface area contributed by atoms with Gasteiger partial charge in [-0.2, -0.15) is 0 Å². The highest BCUT2D eigenvalue weighted by Crippen LogP contribution is 1.86. The van der Waals surface area contributed by atoms with Gasteiger partial charge in [-0.05, 0) is 0 Å². The SMILES string of the molecule is NCCOCCOCCOCCOCCOCCOCCOCCOCCC(N)=O. The molecule has 0 radical (unpaired) electrons. The number of carbonyl (C=O) groups is 1. The summed E-state index contributed by atoms with van der Waals surface area (Å²) in [6, 6.07) is 0. The third-order valence-electron chi connectivity index (χ3n) is 3.36. The van der Waals surface area contributed by atoms with Gasteiger partial charge in [0, 0.05) is 13.0 Å². The molecule has 11 heteroatoms. The Labute approximate surface area is 179 Å². The fraction of sp³-hybridized carbons (Fsp3) is 0.947. The summed E-state index contributed by atoms with van der Waals surface area (Å²) < 4.78 is 42.5. The third-order valence-corrected chi connectivity index (χ3v) is 3.36. The maximum atomic E-state index is 10.5. The second-order valence-electron chi connectivity index (χ2n) is 5.90. The second-order valence-corrected chi connectivity index (χ2v) is 5.90. The summed E-state index contributed by atoms with van der Waals surface area (Å²) in [6.45, 7) is 8.48. The molecular weight excluding hydrogens is 400 g/mol. The van der Waals surface area contributed by atoms with Crippen LogP contribution in [0.2, 0.25) is 0 Å². The van der Waals surface area contributed by atoms with Crippen molar-refractivity contribution in [2.75, 3.05) is 112 Å². The molecule has 0 bridgehead atoms. The lowest BCUT2D eigenvalue weighted by Gasteiger charge is -2.08. The minimum Gasteiger partial charge on any atom is -0.379 e. The predicted octanol–water partition coefficient (Wildman–Crippen LogP) is -1.05. The van der Waals surface area contributed by atoms with Crippen molar-refractivity contribution in [3.8, 4) is 0 Å². The first-order chi connectivity index (χ1) is 14.8. The molecule has 30 heavy (non-hydrogen) atoms. The number of hydrogen-bond acceptors (Lipinski definition) is 10. The Morgan fingerprint density at radius 1 is 0.433 bits per heavy atom. The van der Waals surface area contributed by atoms with Gasteiger partial charge in [0.05, 0.1) is 106 Å². The molecule has 0 aromatic carbocycles. The number of ether oxygens (including phenoxy) is 8. The summed E-state index contributed by atoms with van der Waals surface area (Å²) in [5.41, 5.74) is 10.3. The maximum Gasteiger partial charge on any atom is 0.219 e. The van der Waals surface area contributed by atoms with Crippen LogP contribution in [-0.4, -0.2) is 118 Å². The van der Waals surface area contributed by atoms with E-state index in [4.69, 9.17) is 49.4 Å². The number of primary amides is 1. The lowest BCUT2D eigenvalue weighted by atomic mass is 10.4. The van der Waals surface area contributed by atoms with E-state index in [1.165, 1.54) is 0 Å². The van der Waals surface area contributed by atoms with Crippen molar-refractivity contribution in [3.05, 3.63) is 0 Å². The number of nitrogens with two attached hydrogens (primary N) is 2. The van der Waals surface area contributed by atoms with Crippen molar-refractivity contribution in [3.63, 3.8) is 0 Å². The van der Waals surface area contributed by atoms with Gasteiger partial charge in [0.15, 0.2) is 0 Å². The third kappa shape index (κ3) is 27.1. The van der Waals surface area contributed by atoms with Crippen LogP contribution in [0.3, 0.4) is 0 Å². The summed E-state index contributed by atoms with van der Waals surface area (Å²) in [7, 11) is 0. The van der Waals surface area contributed by atoms with Gasteiger partial charge in [-0.15, -0.1) is 0 Å². The van der Waals surface area contributed by atoms with E-state index >= 15 is 0 Å². The molecule has 0 aliphatic rings. The van der Waals surface area contributed by atoms with Crippen LogP contribution in [0.25, 0.3) is 0 Å². The highest BCUT2D eigenvalue weighted by Gasteiger charge is 1.96. The summed E-state index contributed by atoms with van der Waals surface area (Å²) in [4.78, 5) is 10.5. The van der Waals surface area contributed by atoms with Crippen molar-refractivity contribution in [2.24, 2.45) is 11.5 Å². The van der Waals surface area contributed by atoms with Crippen molar-refractivity contribution < 1.29 is 42.7 Å². The molecule has 4 N–H and O–H groups in total. The molecule has 0 aromatic heterocycles. The van der Waals surface area contributed by atoms with Crippen LogP contribution in [0.4, 0.5) is 0 Å². The van der Waals surface area contributed by atoms with Gasteiger partial charge in [0.1, 0.15) is 0 Å². The summed E-state index contributed by atoms with van der Waals surface area (Å²) >= 11 is 0. The summed E-state index contributed by atoms with van der Waals surface area (Å²) in [5.74, 6) is -0.370. The van der Waals surface area contributed by atoms with Crippen LogP contribution in [0.15, 0.2) is 0 Å². The Morgan fingerprint density at radius 3 is 0.900 bits per heavy atom. The van der Waals surface area contributed by atoms with Gasteiger partial charge in [0.2, 0.25) is 5.91 Å². The fourth-order valence-electron chi connectivity index (χ4n) is 1.90. The number of hydrogen-bond donors (Lipinski definition) is 2. The smallest absolute Gasteiger partial charge is 0.219 e. The van der Waals surface area contributed by atoms with Crippen molar-refractivity contribution in [2.45, 2.75) is 6.42 Å². The maximum absolute atomic E-state index is 10.5. The first kappa shape index (κ1) is 29.1. The van der Waals surface area contributed by atoms with Gasteiger partial charge in [-0.1, -0.05) is 0 Å². The lowest BCUT2D eigenvalue weighted by Crippen LogP contribution is -2.16. The second kappa shape index (κ2) is 26.1. The Morgan fingerprint density at radius 2 is 0.667 bits per heavy atom. The largest absolute Gasteiger partial charge is 0.379 e.